The Bertz CT molecular complexity index is 555. The fourth-order valence-electron chi connectivity index (χ4n) is 2.66. The first-order valence-corrected chi connectivity index (χ1v) is 6.64. The van der Waals surface area contributed by atoms with E-state index >= 15 is 0 Å². The summed E-state index contributed by atoms with van der Waals surface area (Å²) in [4.78, 5) is 0. The molecule has 4 nitrogen and oxygen atoms in total. The molecule has 1 aromatic heterocycles. The summed E-state index contributed by atoms with van der Waals surface area (Å²) in [6.45, 7) is 3.98. The van der Waals surface area contributed by atoms with Crippen LogP contribution in [-0.2, 0) is 0 Å². The van der Waals surface area contributed by atoms with Crippen molar-refractivity contribution in [2.45, 2.75) is 25.8 Å². The summed E-state index contributed by atoms with van der Waals surface area (Å²) in [7, 11) is 0. The molecule has 0 amide bonds. The summed E-state index contributed by atoms with van der Waals surface area (Å²) in [6.07, 6.45) is 2.28. The number of piperidine rings is 1. The van der Waals surface area contributed by atoms with Gasteiger partial charge in [-0.2, -0.15) is 0 Å². The molecule has 1 saturated heterocycles. The number of hydrogen-bond acceptors (Lipinski definition) is 3. The lowest BCUT2D eigenvalue weighted by atomic mass is 10.1. The molecule has 5 heteroatoms. The van der Waals surface area contributed by atoms with Crippen LogP contribution in [0, 0.1) is 12.7 Å². The molecule has 3 rings (SSSR count). The molecule has 0 aliphatic carbocycles. The van der Waals surface area contributed by atoms with E-state index in [2.05, 4.69) is 20.1 Å². The Morgan fingerprint density at radius 2 is 2.05 bits per heavy atom. The molecule has 1 aromatic carbocycles. The van der Waals surface area contributed by atoms with Crippen LogP contribution < -0.4 is 5.32 Å². The first-order valence-electron chi connectivity index (χ1n) is 6.64. The number of benzene rings is 1. The molecule has 0 saturated carbocycles. The molecule has 1 unspecified atom stereocenters. The van der Waals surface area contributed by atoms with E-state index in [0.717, 1.165) is 43.1 Å². The maximum Gasteiger partial charge on any atom is 0.164 e. The van der Waals surface area contributed by atoms with Gasteiger partial charge in [-0.3, -0.25) is 0 Å². The van der Waals surface area contributed by atoms with E-state index in [0.29, 0.717) is 6.04 Å². The first-order chi connectivity index (χ1) is 9.25. The second-order valence-electron chi connectivity index (χ2n) is 4.95. The highest BCUT2D eigenvalue weighted by Gasteiger charge is 2.21. The molecule has 2 aromatic rings. The van der Waals surface area contributed by atoms with Gasteiger partial charge < -0.3 is 9.88 Å². The Balaban J connectivity index is 1.99. The smallest absolute Gasteiger partial charge is 0.164 e. The van der Waals surface area contributed by atoms with Crippen LogP contribution >= 0.6 is 0 Å². The van der Waals surface area contributed by atoms with Gasteiger partial charge in [-0.1, -0.05) is 0 Å². The van der Waals surface area contributed by atoms with Crippen LogP contribution in [-0.4, -0.2) is 27.9 Å². The Labute approximate surface area is 111 Å². The molecule has 1 aliphatic heterocycles. The molecule has 2 heterocycles. The predicted molar refractivity (Wildman–Crippen MR) is 71.3 cm³/mol. The van der Waals surface area contributed by atoms with Crippen molar-refractivity contribution in [2.75, 3.05) is 13.1 Å². The minimum Gasteiger partial charge on any atom is -0.315 e. The molecule has 1 atom stereocenters. The number of halogens is 1. The largest absolute Gasteiger partial charge is 0.315 e. The third-order valence-corrected chi connectivity index (χ3v) is 3.60. The van der Waals surface area contributed by atoms with Gasteiger partial charge in [-0.15, -0.1) is 10.2 Å². The van der Waals surface area contributed by atoms with Gasteiger partial charge in [0.15, 0.2) is 5.82 Å². The maximum absolute atomic E-state index is 13.0. The monoisotopic (exact) mass is 260 g/mol. The summed E-state index contributed by atoms with van der Waals surface area (Å²) in [6, 6.07) is 6.81. The molecule has 100 valence electrons. The highest BCUT2D eigenvalue weighted by atomic mass is 19.1. The molecule has 1 fully saturated rings. The van der Waals surface area contributed by atoms with E-state index < -0.39 is 0 Å². The van der Waals surface area contributed by atoms with Crippen molar-refractivity contribution in [2.24, 2.45) is 0 Å². The average Bonchev–Trinajstić information content (AvgIpc) is 2.82. The van der Waals surface area contributed by atoms with E-state index in [9.17, 15) is 4.39 Å². The van der Waals surface area contributed by atoms with Crippen LogP contribution in [0.25, 0.3) is 11.4 Å². The van der Waals surface area contributed by atoms with E-state index in [1.54, 1.807) is 12.1 Å². The summed E-state index contributed by atoms with van der Waals surface area (Å²) in [5.41, 5.74) is 0.910. The topological polar surface area (TPSA) is 42.7 Å². The molecule has 0 bridgehead atoms. The number of hydrogen-bond donors (Lipinski definition) is 1. The number of aryl methyl sites for hydroxylation is 1. The Morgan fingerprint density at radius 3 is 2.74 bits per heavy atom. The number of nitrogens with one attached hydrogen (secondary N) is 1. The molecular weight excluding hydrogens is 243 g/mol. The second-order valence-corrected chi connectivity index (χ2v) is 4.95. The fourth-order valence-corrected chi connectivity index (χ4v) is 2.66. The van der Waals surface area contributed by atoms with Gasteiger partial charge in [-0.05, 0) is 50.6 Å². The van der Waals surface area contributed by atoms with E-state index in [-0.39, 0.29) is 5.82 Å². The average molecular weight is 260 g/mol. The predicted octanol–water partition coefficient (Wildman–Crippen LogP) is 2.32. The lowest BCUT2D eigenvalue weighted by Crippen LogP contribution is -2.32. The standard InChI is InChI=1S/C14H17FN4/c1-10-17-18-14(11-4-6-12(15)7-5-11)19(10)13-3-2-8-16-9-13/h4-7,13,16H,2-3,8-9H2,1H3. The molecule has 0 radical (unpaired) electrons. The van der Waals surface area contributed by atoms with Crippen molar-refractivity contribution >= 4 is 0 Å². The number of aromatic nitrogens is 3. The highest BCUT2D eigenvalue weighted by Crippen LogP contribution is 2.26. The van der Waals surface area contributed by atoms with Gasteiger partial charge in [0.05, 0.1) is 0 Å². The molecular formula is C14H17FN4. The van der Waals surface area contributed by atoms with Crippen molar-refractivity contribution < 1.29 is 4.39 Å². The summed E-state index contributed by atoms with van der Waals surface area (Å²) < 4.78 is 15.2. The van der Waals surface area contributed by atoms with Crippen molar-refractivity contribution in [3.63, 3.8) is 0 Å². The SMILES string of the molecule is Cc1nnc(-c2ccc(F)cc2)n1C1CCCNC1. The van der Waals surface area contributed by atoms with Crippen molar-refractivity contribution in [3.05, 3.63) is 35.9 Å². The second kappa shape index (κ2) is 5.09. The van der Waals surface area contributed by atoms with Gasteiger partial charge in [0.25, 0.3) is 0 Å². The van der Waals surface area contributed by atoms with Crippen LogP contribution in [0.1, 0.15) is 24.7 Å². The van der Waals surface area contributed by atoms with Gasteiger partial charge in [0.2, 0.25) is 0 Å². The normalized spacial score (nSPS) is 19.6. The molecule has 19 heavy (non-hydrogen) atoms. The minimum absolute atomic E-state index is 0.231. The Kier molecular flexibility index (Phi) is 3.29. The van der Waals surface area contributed by atoms with Crippen LogP contribution in [0.3, 0.4) is 0 Å². The van der Waals surface area contributed by atoms with Crippen LogP contribution in [0.15, 0.2) is 24.3 Å². The third-order valence-electron chi connectivity index (χ3n) is 3.60. The van der Waals surface area contributed by atoms with Gasteiger partial charge in [0, 0.05) is 18.2 Å². The van der Waals surface area contributed by atoms with Crippen molar-refractivity contribution in [3.8, 4) is 11.4 Å². The van der Waals surface area contributed by atoms with Crippen LogP contribution in [0.4, 0.5) is 4.39 Å². The molecule has 0 spiro atoms. The zero-order valence-corrected chi connectivity index (χ0v) is 10.9. The lowest BCUT2D eigenvalue weighted by molar-refractivity contribution is 0.368. The Hall–Kier alpha value is -1.75. The van der Waals surface area contributed by atoms with Crippen molar-refractivity contribution in [1.29, 1.82) is 0 Å². The quantitative estimate of drug-likeness (QED) is 0.901. The third kappa shape index (κ3) is 2.38. The molecule has 1 N–H and O–H groups in total. The maximum atomic E-state index is 13.0. The fraction of sp³-hybridized carbons (Fsp3) is 0.429. The number of nitrogens with zero attached hydrogens (tertiary/aromatic N) is 3. The summed E-state index contributed by atoms with van der Waals surface area (Å²) in [5, 5.41) is 11.8. The Morgan fingerprint density at radius 1 is 1.26 bits per heavy atom. The molecule has 1 aliphatic rings. The van der Waals surface area contributed by atoms with Crippen LogP contribution in [0.2, 0.25) is 0 Å². The zero-order valence-electron chi connectivity index (χ0n) is 10.9. The van der Waals surface area contributed by atoms with E-state index in [1.165, 1.54) is 12.1 Å². The van der Waals surface area contributed by atoms with Gasteiger partial charge in [-0.25, -0.2) is 4.39 Å². The van der Waals surface area contributed by atoms with E-state index in [1.807, 2.05) is 6.92 Å². The van der Waals surface area contributed by atoms with Gasteiger partial charge >= 0.3 is 0 Å². The summed E-state index contributed by atoms with van der Waals surface area (Å²) in [5.74, 6) is 1.50. The number of rotatable bonds is 2. The minimum atomic E-state index is -0.231. The first kappa shape index (κ1) is 12.3. The van der Waals surface area contributed by atoms with E-state index in [4.69, 9.17) is 0 Å². The zero-order chi connectivity index (χ0) is 13.2. The van der Waals surface area contributed by atoms with Gasteiger partial charge in [0.1, 0.15) is 11.6 Å². The van der Waals surface area contributed by atoms with Crippen molar-refractivity contribution in [1.82, 2.24) is 20.1 Å². The van der Waals surface area contributed by atoms with Crippen LogP contribution in [0.5, 0.6) is 0 Å². The lowest BCUT2D eigenvalue weighted by Gasteiger charge is -2.26. The summed E-state index contributed by atoms with van der Waals surface area (Å²) >= 11 is 0. The highest BCUT2D eigenvalue weighted by molar-refractivity contribution is 5.55.